The maximum absolute atomic E-state index is 12.0. The van der Waals surface area contributed by atoms with Crippen molar-refractivity contribution in [3.05, 3.63) is 47.1 Å². The summed E-state index contributed by atoms with van der Waals surface area (Å²) in [5.41, 5.74) is 2.70. The topological polar surface area (TPSA) is 69.9 Å². The first kappa shape index (κ1) is 14.9. The van der Waals surface area contributed by atoms with Crippen LogP contribution in [0.1, 0.15) is 34.4 Å². The van der Waals surface area contributed by atoms with Crippen molar-refractivity contribution >= 4 is 5.97 Å². The van der Waals surface area contributed by atoms with Gasteiger partial charge in [0.2, 0.25) is 0 Å². The first-order valence-corrected chi connectivity index (χ1v) is 6.68. The molecule has 0 unspecified atom stereocenters. The van der Waals surface area contributed by atoms with Crippen LogP contribution in [0.4, 0.5) is 0 Å². The van der Waals surface area contributed by atoms with E-state index in [1.807, 2.05) is 32.9 Å². The Balaban J connectivity index is 2.28. The smallest absolute Gasteiger partial charge is 0.341 e. The van der Waals surface area contributed by atoms with E-state index >= 15 is 0 Å². The van der Waals surface area contributed by atoms with Gasteiger partial charge in [0.25, 0.3) is 5.95 Å². The summed E-state index contributed by atoms with van der Waals surface area (Å²) in [5.74, 6) is 0.0457. The average Bonchev–Trinajstić information content (AvgIpc) is 2.80. The molecule has 2 aromatic rings. The van der Waals surface area contributed by atoms with Gasteiger partial charge >= 0.3 is 5.97 Å². The third-order valence-electron chi connectivity index (χ3n) is 2.84. The molecule has 0 aliphatic heterocycles. The number of aryl methyl sites for hydroxylation is 3. The highest BCUT2D eigenvalue weighted by Gasteiger charge is 2.16. The van der Waals surface area contributed by atoms with Gasteiger partial charge in [-0.15, -0.1) is 0 Å². The van der Waals surface area contributed by atoms with E-state index in [9.17, 15) is 4.79 Å². The van der Waals surface area contributed by atoms with Gasteiger partial charge in [-0.25, -0.2) is 19.4 Å². The van der Waals surface area contributed by atoms with Gasteiger partial charge in [0.15, 0.2) is 0 Å². The fourth-order valence-electron chi connectivity index (χ4n) is 1.87. The van der Waals surface area contributed by atoms with Crippen LogP contribution in [0.2, 0.25) is 0 Å². The Morgan fingerprint density at radius 1 is 1.29 bits per heavy atom. The number of nitrogens with zero attached hydrogens (tertiary/aromatic N) is 4. The molecule has 2 heterocycles. The Bertz CT molecular complexity index is 669. The van der Waals surface area contributed by atoms with Crippen molar-refractivity contribution in [2.45, 2.75) is 27.7 Å². The quantitative estimate of drug-likeness (QED) is 0.637. The third-order valence-corrected chi connectivity index (χ3v) is 2.84. The molecule has 0 radical (unpaired) electrons. The van der Waals surface area contributed by atoms with Crippen molar-refractivity contribution in [3.63, 3.8) is 0 Å². The molecule has 6 nitrogen and oxygen atoms in total. The monoisotopic (exact) mass is 286 g/mol. The molecule has 0 spiro atoms. The van der Waals surface area contributed by atoms with Gasteiger partial charge in [-0.2, -0.15) is 5.10 Å². The normalized spacial score (nSPS) is 11.0. The van der Waals surface area contributed by atoms with E-state index in [1.165, 1.54) is 4.68 Å². The molecule has 0 amide bonds. The maximum atomic E-state index is 12.0. The van der Waals surface area contributed by atoms with Crippen LogP contribution in [0.25, 0.3) is 5.95 Å². The maximum Gasteiger partial charge on any atom is 0.341 e. The first-order valence-electron chi connectivity index (χ1n) is 6.68. The molecule has 110 valence electrons. The molecular weight excluding hydrogens is 268 g/mol. The first-order chi connectivity index (χ1) is 10.0. The minimum Gasteiger partial charge on any atom is -0.458 e. The summed E-state index contributed by atoms with van der Waals surface area (Å²) in [6.45, 7) is 7.65. The van der Waals surface area contributed by atoms with Crippen molar-refractivity contribution in [3.8, 4) is 5.95 Å². The molecule has 0 aliphatic carbocycles. The zero-order chi connectivity index (χ0) is 15.4. The van der Waals surface area contributed by atoms with Crippen LogP contribution in [0.3, 0.4) is 0 Å². The van der Waals surface area contributed by atoms with Crippen molar-refractivity contribution in [2.75, 3.05) is 6.61 Å². The molecule has 0 saturated heterocycles. The highest BCUT2D eigenvalue weighted by Crippen LogP contribution is 2.11. The lowest BCUT2D eigenvalue weighted by molar-refractivity contribution is 0.0548. The van der Waals surface area contributed by atoms with E-state index in [-0.39, 0.29) is 6.61 Å². The van der Waals surface area contributed by atoms with Crippen LogP contribution in [-0.2, 0) is 4.74 Å². The zero-order valence-corrected chi connectivity index (χ0v) is 12.6. The van der Waals surface area contributed by atoms with Crippen LogP contribution < -0.4 is 0 Å². The number of ether oxygens (including phenoxy) is 1. The van der Waals surface area contributed by atoms with E-state index in [0.29, 0.717) is 17.2 Å². The molecule has 0 aromatic carbocycles. The lowest BCUT2D eigenvalue weighted by Gasteiger charge is -2.02. The van der Waals surface area contributed by atoms with Crippen molar-refractivity contribution in [1.29, 1.82) is 0 Å². The molecule has 2 rings (SSSR count). The number of hydrogen-bond donors (Lipinski definition) is 0. The Kier molecular flexibility index (Phi) is 4.47. The molecule has 21 heavy (non-hydrogen) atoms. The summed E-state index contributed by atoms with van der Waals surface area (Å²) < 4.78 is 6.63. The molecule has 0 fully saturated rings. The number of carbonyl (C=O) groups is 1. The number of aromatic nitrogens is 4. The van der Waals surface area contributed by atoms with E-state index in [2.05, 4.69) is 15.1 Å². The van der Waals surface area contributed by atoms with Gasteiger partial charge in [0, 0.05) is 17.6 Å². The van der Waals surface area contributed by atoms with Crippen LogP contribution in [-0.4, -0.2) is 32.3 Å². The van der Waals surface area contributed by atoms with E-state index < -0.39 is 5.97 Å². The third kappa shape index (κ3) is 3.53. The zero-order valence-electron chi connectivity index (χ0n) is 12.6. The molecule has 0 aliphatic rings. The van der Waals surface area contributed by atoms with Crippen LogP contribution >= 0.6 is 0 Å². The molecule has 2 aromatic heterocycles. The summed E-state index contributed by atoms with van der Waals surface area (Å²) in [6, 6.07) is 1.88. The summed E-state index contributed by atoms with van der Waals surface area (Å²) in [5, 5.41) is 4.29. The number of esters is 1. The van der Waals surface area contributed by atoms with Crippen LogP contribution in [0.15, 0.2) is 24.4 Å². The Hall–Kier alpha value is -2.50. The minimum absolute atomic E-state index is 0.250. The van der Waals surface area contributed by atoms with Crippen LogP contribution in [0, 0.1) is 20.8 Å². The number of allylic oxidation sites excluding steroid dienone is 1. The summed E-state index contributed by atoms with van der Waals surface area (Å²) in [4.78, 5) is 20.6. The second kappa shape index (κ2) is 6.30. The predicted octanol–water partition coefficient (Wildman–Crippen LogP) is 2.32. The number of carbonyl (C=O) groups excluding carboxylic acids is 1. The second-order valence-electron chi connectivity index (χ2n) is 4.69. The highest BCUT2D eigenvalue weighted by molar-refractivity contribution is 5.90. The predicted molar refractivity (Wildman–Crippen MR) is 78.5 cm³/mol. The molecule has 0 bridgehead atoms. The van der Waals surface area contributed by atoms with E-state index in [1.54, 1.807) is 19.2 Å². The Morgan fingerprint density at radius 3 is 2.57 bits per heavy atom. The van der Waals surface area contributed by atoms with Gasteiger partial charge < -0.3 is 4.74 Å². The summed E-state index contributed by atoms with van der Waals surface area (Å²) in [7, 11) is 0. The van der Waals surface area contributed by atoms with E-state index in [0.717, 1.165) is 11.4 Å². The van der Waals surface area contributed by atoms with Gasteiger partial charge in [0.1, 0.15) is 12.2 Å². The molecule has 6 heteroatoms. The average molecular weight is 286 g/mol. The fraction of sp³-hybridized carbons (Fsp3) is 0.333. The van der Waals surface area contributed by atoms with Gasteiger partial charge in [0.05, 0.1) is 5.69 Å². The van der Waals surface area contributed by atoms with Gasteiger partial charge in [-0.1, -0.05) is 12.2 Å². The Morgan fingerprint density at radius 2 is 1.95 bits per heavy atom. The molecular formula is C15H18N4O2. The molecule has 0 N–H and O–H groups in total. The number of hydrogen-bond acceptors (Lipinski definition) is 5. The highest BCUT2D eigenvalue weighted by atomic mass is 16.5. The van der Waals surface area contributed by atoms with Crippen LogP contribution in [0.5, 0.6) is 0 Å². The minimum atomic E-state index is -0.402. The lowest BCUT2D eigenvalue weighted by atomic mass is 10.3. The van der Waals surface area contributed by atoms with Gasteiger partial charge in [-0.3, -0.25) is 0 Å². The molecule has 0 atom stereocenters. The summed E-state index contributed by atoms with van der Waals surface area (Å²) in [6.07, 6.45) is 5.19. The van der Waals surface area contributed by atoms with Gasteiger partial charge in [-0.05, 0) is 33.8 Å². The largest absolute Gasteiger partial charge is 0.458 e. The fourth-order valence-corrected chi connectivity index (χ4v) is 1.87. The lowest BCUT2D eigenvalue weighted by Crippen LogP contribution is -2.06. The molecule has 0 saturated carbocycles. The van der Waals surface area contributed by atoms with E-state index in [4.69, 9.17) is 4.74 Å². The Labute approximate surface area is 123 Å². The summed E-state index contributed by atoms with van der Waals surface area (Å²) >= 11 is 0. The van der Waals surface area contributed by atoms with Crippen molar-refractivity contribution in [1.82, 2.24) is 19.7 Å². The standard InChI is InChI=1S/C15H18N4O2/c1-5-6-7-21-14(20)13-9-19(18-12(13)4)15-16-10(2)8-11(3)17-15/h5-6,8-9H,7H2,1-4H3. The SMILES string of the molecule is CC=CCOC(=O)c1cn(-c2nc(C)cc(C)n2)nc1C. The number of rotatable bonds is 4. The second-order valence-corrected chi connectivity index (χ2v) is 4.69. The van der Waals surface area contributed by atoms with Crippen molar-refractivity contribution in [2.24, 2.45) is 0 Å². The van der Waals surface area contributed by atoms with Crippen molar-refractivity contribution < 1.29 is 9.53 Å².